The molecule has 0 aromatic carbocycles. The zero-order chi connectivity index (χ0) is 27.1. The Kier molecular flexibility index (Phi) is 7.51. The lowest BCUT2D eigenvalue weighted by atomic mass is 9.36. The van der Waals surface area contributed by atoms with Crippen LogP contribution in [0.1, 0.15) is 80.1 Å². The highest BCUT2D eigenvalue weighted by Crippen LogP contribution is 2.74. The number of hydrogen-bond acceptors (Lipinski definition) is 8. The molecule has 4 bridgehead atoms. The predicted molar refractivity (Wildman–Crippen MR) is 131 cm³/mol. The van der Waals surface area contributed by atoms with Crippen molar-refractivity contribution in [3.8, 4) is 0 Å². The molecule has 2 unspecified atom stereocenters. The number of hydrogen-bond donors (Lipinski definition) is 0. The Hall–Kier alpha value is -2.64. The summed E-state index contributed by atoms with van der Waals surface area (Å²) in [6, 6.07) is 0. The Morgan fingerprint density at radius 3 is 1.31 bits per heavy atom. The molecule has 0 aromatic heterocycles. The van der Waals surface area contributed by atoms with Crippen LogP contribution in [0.3, 0.4) is 0 Å². The Morgan fingerprint density at radius 1 is 0.667 bits per heavy atom. The summed E-state index contributed by atoms with van der Waals surface area (Å²) >= 11 is 0. The summed E-state index contributed by atoms with van der Waals surface area (Å²) < 4.78 is 21.9. The Morgan fingerprint density at radius 2 is 1.00 bits per heavy atom. The van der Waals surface area contributed by atoms with Gasteiger partial charge in [-0.1, -0.05) is 27.0 Å². The van der Waals surface area contributed by atoms with Crippen molar-refractivity contribution in [2.24, 2.45) is 21.7 Å². The molecule has 4 aliphatic rings. The SMILES string of the molecule is C=C(C)C(=O)OCC(C)OC(=O)C12CC3(C)CC(C)(C1)CC(C(=O)OC(C)COC(=O)C(=C)C)(C3)C2. The van der Waals surface area contributed by atoms with Crippen molar-refractivity contribution in [1.82, 2.24) is 0 Å². The molecule has 8 heteroatoms. The standard InChI is InChI=1S/C28H40O8/c1-17(2)21(29)33-9-19(5)35-23(31)27-12-25(7)11-26(8,13-27)15-28(14-25,16-27)24(32)36-20(6)10-34-22(30)18(3)4/h19-20H,1,3,9-16H2,2,4-8H3. The topological polar surface area (TPSA) is 105 Å². The fourth-order valence-corrected chi connectivity index (χ4v) is 7.44. The van der Waals surface area contributed by atoms with Crippen LogP contribution in [0.25, 0.3) is 0 Å². The largest absolute Gasteiger partial charge is 0.459 e. The average Bonchev–Trinajstić information content (AvgIpc) is 2.72. The van der Waals surface area contributed by atoms with Crippen LogP contribution in [0.15, 0.2) is 24.3 Å². The Labute approximate surface area is 213 Å². The molecule has 36 heavy (non-hydrogen) atoms. The van der Waals surface area contributed by atoms with Gasteiger partial charge in [0.05, 0.1) is 10.8 Å². The minimum Gasteiger partial charge on any atom is -0.459 e. The summed E-state index contributed by atoms with van der Waals surface area (Å²) in [6.45, 7) is 17.8. The monoisotopic (exact) mass is 504 g/mol. The normalized spacial score (nSPS) is 33.7. The van der Waals surface area contributed by atoms with Crippen LogP contribution in [-0.2, 0) is 38.1 Å². The number of esters is 4. The smallest absolute Gasteiger partial charge is 0.333 e. The van der Waals surface area contributed by atoms with E-state index in [1.807, 2.05) is 0 Å². The van der Waals surface area contributed by atoms with E-state index in [4.69, 9.17) is 18.9 Å². The number of carbonyl (C=O) groups excluding carboxylic acids is 4. The van der Waals surface area contributed by atoms with E-state index in [1.54, 1.807) is 27.7 Å². The van der Waals surface area contributed by atoms with Gasteiger partial charge in [0.15, 0.2) is 0 Å². The van der Waals surface area contributed by atoms with E-state index in [0.29, 0.717) is 32.1 Å². The molecule has 4 rings (SSSR count). The second kappa shape index (κ2) is 9.67. The molecule has 0 aromatic rings. The molecule has 0 saturated heterocycles. The second-order valence-electron chi connectivity index (χ2n) is 12.4. The van der Waals surface area contributed by atoms with Crippen LogP contribution >= 0.6 is 0 Å². The first-order chi connectivity index (χ1) is 16.5. The van der Waals surface area contributed by atoms with E-state index in [-0.39, 0.29) is 47.1 Å². The van der Waals surface area contributed by atoms with Crippen LogP contribution in [0.4, 0.5) is 0 Å². The van der Waals surface area contributed by atoms with Gasteiger partial charge in [0, 0.05) is 11.1 Å². The molecular formula is C28H40O8. The van der Waals surface area contributed by atoms with Gasteiger partial charge in [0.1, 0.15) is 25.4 Å². The third-order valence-electron chi connectivity index (χ3n) is 7.67. The first-order valence-corrected chi connectivity index (χ1v) is 12.6. The first-order valence-electron chi connectivity index (χ1n) is 12.6. The third kappa shape index (κ3) is 5.68. The Bertz CT molecular complexity index is 888. The molecule has 4 saturated carbocycles. The van der Waals surface area contributed by atoms with Crippen molar-refractivity contribution in [2.45, 2.75) is 92.3 Å². The summed E-state index contributed by atoms with van der Waals surface area (Å²) in [7, 11) is 0. The molecule has 8 nitrogen and oxygen atoms in total. The Balaban J connectivity index is 1.74. The summed E-state index contributed by atoms with van der Waals surface area (Å²) in [5.74, 6) is -1.76. The fraction of sp³-hybridized carbons (Fsp3) is 0.714. The van der Waals surface area contributed by atoms with Gasteiger partial charge < -0.3 is 18.9 Å². The molecule has 2 atom stereocenters. The number of ether oxygens (including phenoxy) is 4. The van der Waals surface area contributed by atoms with Crippen LogP contribution < -0.4 is 0 Å². The van der Waals surface area contributed by atoms with Crippen LogP contribution in [0.5, 0.6) is 0 Å². The van der Waals surface area contributed by atoms with Crippen molar-refractivity contribution >= 4 is 23.9 Å². The van der Waals surface area contributed by atoms with Gasteiger partial charge in [-0.15, -0.1) is 0 Å². The average molecular weight is 505 g/mol. The highest BCUT2D eigenvalue weighted by Gasteiger charge is 2.71. The van der Waals surface area contributed by atoms with Gasteiger partial charge in [-0.2, -0.15) is 0 Å². The number of carbonyl (C=O) groups is 4. The van der Waals surface area contributed by atoms with Gasteiger partial charge in [-0.05, 0) is 77.0 Å². The van der Waals surface area contributed by atoms with Crippen molar-refractivity contribution in [1.29, 1.82) is 0 Å². The van der Waals surface area contributed by atoms with Gasteiger partial charge in [0.2, 0.25) is 0 Å². The molecule has 0 aliphatic heterocycles. The summed E-state index contributed by atoms with van der Waals surface area (Å²) in [4.78, 5) is 50.6. The minimum atomic E-state index is -0.806. The molecule has 0 amide bonds. The molecule has 4 aliphatic carbocycles. The van der Waals surface area contributed by atoms with E-state index in [1.165, 1.54) is 0 Å². The molecule has 4 fully saturated rings. The van der Waals surface area contributed by atoms with Gasteiger partial charge in [-0.3, -0.25) is 9.59 Å². The number of rotatable bonds is 10. The summed E-state index contributed by atoms with van der Waals surface area (Å²) in [5, 5.41) is 0. The van der Waals surface area contributed by atoms with Crippen LogP contribution in [0, 0.1) is 21.7 Å². The van der Waals surface area contributed by atoms with Crippen molar-refractivity contribution in [2.75, 3.05) is 13.2 Å². The quantitative estimate of drug-likeness (QED) is 0.244. The van der Waals surface area contributed by atoms with Crippen molar-refractivity contribution in [3.05, 3.63) is 24.3 Å². The van der Waals surface area contributed by atoms with Crippen LogP contribution in [-0.4, -0.2) is 49.3 Å². The first kappa shape index (κ1) is 27.9. The lowest BCUT2D eigenvalue weighted by Crippen LogP contribution is -2.64. The predicted octanol–water partition coefficient (Wildman–Crippen LogP) is 4.46. The highest BCUT2D eigenvalue weighted by atomic mass is 16.6. The highest BCUT2D eigenvalue weighted by molar-refractivity contribution is 5.87. The molecule has 0 spiro atoms. The second-order valence-corrected chi connectivity index (χ2v) is 12.4. The molecule has 200 valence electrons. The maximum Gasteiger partial charge on any atom is 0.333 e. The fourth-order valence-electron chi connectivity index (χ4n) is 7.44. The van der Waals surface area contributed by atoms with Gasteiger partial charge in [0.25, 0.3) is 0 Å². The van der Waals surface area contributed by atoms with E-state index >= 15 is 0 Å². The molecule has 0 heterocycles. The van der Waals surface area contributed by atoms with Crippen molar-refractivity contribution in [3.63, 3.8) is 0 Å². The maximum absolute atomic E-state index is 13.6. The van der Waals surface area contributed by atoms with Gasteiger partial charge >= 0.3 is 23.9 Å². The summed E-state index contributed by atoms with van der Waals surface area (Å²) in [6.07, 6.45) is 2.63. The summed E-state index contributed by atoms with van der Waals surface area (Å²) in [5.41, 5.74) is -1.46. The molecule has 0 N–H and O–H groups in total. The zero-order valence-corrected chi connectivity index (χ0v) is 22.5. The lowest BCUT2D eigenvalue weighted by Gasteiger charge is -2.67. The maximum atomic E-state index is 13.6. The van der Waals surface area contributed by atoms with E-state index in [9.17, 15) is 19.2 Å². The van der Waals surface area contributed by atoms with E-state index < -0.39 is 35.0 Å². The van der Waals surface area contributed by atoms with Crippen LogP contribution in [0.2, 0.25) is 0 Å². The molecule has 0 radical (unpaired) electrons. The van der Waals surface area contributed by atoms with Crippen molar-refractivity contribution < 1.29 is 38.1 Å². The molecular weight excluding hydrogens is 464 g/mol. The minimum absolute atomic E-state index is 0.0599. The third-order valence-corrected chi connectivity index (χ3v) is 7.67. The van der Waals surface area contributed by atoms with E-state index in [2.05, 4.69) is 27.0 Å². The zero-order valence-electron chi connectivity index (χ0n) is 22.5. The van der Waals surface area contributed by atoms with E-state index in [0.717, 1.165) is 6.42 Å². The lowest BCUT2D eigenvalue weighted by molar-refractivity contribution is -0.226. The van der Waals surface area contributed by atoms with Gasteiger partial charge in [-0.25, -0.2) is 9.59 Å².